The monoisotopic (exact) mass is 354 g/mol. The minimum Gasteiger partial charge on any atom is -0.465 e. The Morgan fingerprint density at radius 3 is 2.23 bits per heavy atom. The highest BCUT2D eigenvalue weighted by atomic mass is 16.5. The minimum absolute atomic E-state index is 0.0687. The Kier molecular flexibility index (Phi) is 6.19. The van der Waals surface area contributed by atoms with Crippen LogP contribution in [0.2, 0.25) is 0 Å². The number of carbonyl (C=O) groups excluding carboxylic acids is 1. The Bertz CT molecular complexity index is 787. The van der Waals surface area contributed by atoms with Crippen LogP contribution in [0.5, 0.6) is 0 Å². The standard InChI is InChI=1S/C22H30N2O2/c1-7-17-20(21(25)26-6)19(15-10-8-14(2)9-11-15)16(13-23)18(24-17)12-22(3,4)5/h8-11H,7,12-13,23H2,1-6H3. The van der Waals surface area contributed by atoms with E-state index in [1.807, 2.05) is 38.1 Å². The number of benzene rings is 1. The molecule has 1 aromatic heterocycles. The van der Waals surface area contributed by atoms with Gasteiger partial charge in [0.15, 0.2) is 0 Å². The lowest BCUT2D eigenvalue weighted by Crippen LogP contribution is -2.20. The molecule has 0 saturated carbocycles. The van der Waals surface area contributed by atoms with Crippen molar-refractivity contribution >= 4 is 5.97 Å². The number of aromatic nitrogens is 1. The number of rotatable bonds is 5. The lowest BCUT2D eigenvalue weighted by molar-refractivity contribution is 0.0599. The molecule has 2 rings (SSSR count). The van der Waals surface area contributed by atoms with E-state index in [1.54, 1.807) is 0 Å². The fourth-order valence-electron chi connectivity index (χ4n) is 3.21. The highest BCUT2D eigenvalue weighted by Crippen LogP contribution is 2.34. The van der Waals surface area contributed by atoms with E-state index in [-0.39, 0.29) is 11.4 Å². The van der Waals surface area contributed by atoms with Crippen LogP contribution in [-0.4, -0.2) is 18.1 Å². The van der Waals surface area contributed by atoms with Gasteiger partial charge in [-0.3, -0.25) is 4.98 Å². The number of hydrogen-bond acceptors (Lipinski definition) is 4. The van der Waals surface area contributed by atoms with Crippen molar-refractivity contribution in [2.75, 3.05) is 7.11 Å². The van der Waals surface area contributed by atoms with Gasteiger partial charge in [-0.2, -0.15) is 0 Å². The Hall–Kier alpha value is -2.20. The third-order valence-corrected chi connectivity index (χ3v) is 4.43. The molecule has 0 saturated heterocycles. The second-order valence-corrected chi connectivity index (χ2v) is 7.89. The van der Waals surface area contributed by atoms with E-state index in [9.17, 15) is 4.79 Å². The van der Waals surface area contributed by atoms with Crippen LogP contribution in [0.15, 0.2) is 24.3 Å². The summed E-state index contributed by atoms with van der Waals surface area (Å²) < 4.78 is 5.09. The molecule has 0 fully saturated rings. The molecular weight excluding hydrogens is 324 g/mol. The van der Waals surface area contributed by atoms with Gasteiger partial charge in [0.1, 0.15) is 0 Å². The molecule has 0 aliphatic heterocycles. The van der Waals surface area contributed by atoms with Crippen molar-refractivity contribution in [1.82, 2.24) is 4.98 Å². The zero-order valence-electron chi connectivity index (χ0n) is 16.8. The van der Waals surface area contributed by atoms with Crippen LogP contribution in [-0.2, 0) is 24.1 Å². The number of pyridine rings is 1. The molecule has 0 atom stereocenters. The van der Waals surface area contributed by atoms with Crippen molar-refractivity contribution in [3.63, 3.8) is 0 Å². The average molecular weight is 354 g/mol. The molecule has 0 spiro atoms. The summed E-state index contributed by atoms with van der Waals surface area (Å²) in [6.45, 7) is 10.9. The molecule has 4 nitrogen and oxygen atoms in total. The second-order valence-electron chi connectivity index (χ2n) is 7.89. The van der Waals surface area contributed by atoms with Gasteiger partial charge in [-0.1, -0.05) is 57.5 Å². The fraction of sp³-hybridized carbons (Fsp3) is 0.455. The maximum absolute atomic E-state index is 12.6. The van der Waals surface area contributed by atoms with Crippen molar-refractivity contribution in [2.24, 2.45) is 11.1 Å². The number of aryl methyl sites for hydroxylation is 2. The molecule has 0 aliphatic carbocycles. The largest absolute Gasteiger partial charge is 0.465 e. The van der Waals surface area contributed by atoms with Crippen LogP contribution < -0.4 is 5.73 Å². The predicted molar refractivity (Wildman–Crippen MR) is 106 cm³/mol. The first-order valence-electron chi connectivity index (χ1n) is 9.11. The molecule has 1 aromatic carbocycles. The highest BCUT2D eigenvalue weighted by molar-refractivity contribution is 5.99. The first-order valence-corrected chi connectivity index (χ1v) is 9.11. The third kappa shape index (κ3) is 4.31. The number of hydrogen-bond donors (Lipinski definition) is 1. The van der Waals surface area contributed by atoms with Gasteiger partial charge in [-0.25, -0.2) is 4.79 Å². The number of methoxy groups -OCH3 is 1. The number of carbonyl (C=O) groups is 1. The van der Waals surface area contributed by atoms with Crippen molar-refractivity contribution in [1.29, 1.82) is 0 Å². The van der Waals surface area contributed by atoms with Crippen LogP contribution in [0.25, 0.3) is 11.1 Å². The Labute approximate surface area is 156 Å². The summed E-state index contributed by atoms with van der Waals surface area (Å²) in [5, 5.41) is 0. The molecular formula is C22H30N2O2. The topological polar surface area (TPSA) is 65.2 Å². The molecule has 4 heteroatoms. The number of esters is 1. The number of ether oxygens (including phenoxy) is 1. The first-order chi connectivity index (χ1) is 12.2. The van der Waals surface area contributed by atoms with Crippen molar-refractivity contribution in [3.8, 4) is 11.1 Å². The Balaban J connectivity index is 2.87. The van der Waals surface area contributed by atoms with Crippen molar-refractivity contribution in [2.45, 2.75) is 54.0 Å². The summed E-state index contributed by atoms with van der Waals surface area (Å²) in [4.78, 5) is 17.5. The molecule has 140 valence electrons. The van der Waals surface area contributed by atoms with Gasteiger partial charge < -0.3 is 10.5 Å². The first kappa shape index (κ1) is 20.1. The van der Waals surface area contributed by atoms with E-state index in [4.69, 9.17) is 15.5 Å². The quantitative estimate of drug-likeness (QED) is 0.806. The summed E-state index contributed by atoms with van der Waals surface area (Å²) in [6.07, 6.45) is 1.46. The lowest BCUT2D eigenvalue weighted by Gasteiger charge is -2.24. The molecule has 2 N–H and O–H groups in total. The maximum Gasteiger partial charge on any atom is 0.340 e. The number of nitrogens with zero attached hydrogens (tertiary/aromatic N) is 1. The van der Waals surface area contributed by atoms with Gasteiger partial charge in [0.05, 0.1) is 18.4 Å². The van der Waals surface area contributed by atoms with Gasteiger partial charge in [0.25, 0.3) is 0 Å². The smallest absolute Gasteiger partial charge is 0.340 e. The predicted octanol–water partition coefficient (Wildman–Crippen LogP) is 4.45. The molecule has 0 unspecified atom stereocenters. The number of nitrogens with two attached hydrogens (primary N) is 1. The highest BCUT2D eigenvalue weighted by Gasteiger charge is 2.26. The van der Waals surface area contributed by atoms with Gasteiger partial charge in [0.2, 0.25) is 0 Å². The van der Waals surface area contributed by atoms with Gasteiger partial charge in [-0.15, -0.1) is 0 Å². The Morgan fingerprint density at radius 1 is 1.15 bits per heavy atom. The summed E-state index contributed by atoms with van der Waals surface area (Å²) in [6, 6.07) is 8.17. The summed E-state index contributed by atoms with van der Waals surface area (Å²) >= 11 is 0. The van der Waals surface area contributed by atoms with Crippen LogP contribution in [0.1, 0.15) is 60.6 Å². The molecule has 2 aromatic rings. The van der Waals surface area contributed by atoms with Gasteiger partial charge >= 0.3 is 5.97 Å². The SMILES string of the molecule is CCc1nc(CC(C)(C)C)c(CN)c(-c2ccc(C)cc2)c1C(=O)OC. The van der Waals surface area contributed by atoms with Crippen molar-refractivity contribution < 1.29 is 9.53 Å². The summed E-state index contributed by atoms with van der Waals surface area (Å²) in [5.41, 5.74) is 12.4. The summed E-state index contributed by atoms with van der Waals surface area (Å²) in [7, 11) is 1.41. The molecule has 0 radical (unpaired) electrons. The second kappa shape index (κ2) is 8.00. The third-order valence-electron chi connectivity index (χ3n) is 4.43. The van der Waals surface area contributed by atoms with Crippen LogP contribution in [0.3, 0.4) is 0 Å². The van der Waals surface area contributed by atoms with E-state index in [1.165, 1.54) is 12.7 Å². The fourth-order valence-corrected chi connectivity index (χ4v) is 3.21. The van der Waals surface area contributed by atoms with E-state index < -0.39 is 0 Å². The van der Waals surface area contributed by atoms with Gasteiger partial charge in [-0.05, 0) is 36.3 Å². The molecule has 1 heterocycles. The lowest BCUT2D eigenvalue weighted by atomic mass is 9.84. The maximum atomic E-state index is 12.6. The Morgan fingerprint density at radius 2 is 1.77 bits per heavy atom. The molecule has 26 heavy (non-hydrogen) atoms. The van der Waals surface area contributed by atoms with Gasteiger partial charge in [0, 0.05) is 17.8 Å². The van der Waals surface area contributed by atoms with E-state index in [0.717, 1.165) is 34.5 Å². The van der Waals surface area contributed by atoms with Crippen molar-refractivity contribution in [3.05, 3.63) is 52.3 Å². The average Bonchev–Trinajstić information content (AvgIpc) is 2.59. The van der Waals surface area contributed by atoms with Crippen LogP contribution in [0, 0.1) is 12.3 Å². The summed E-state index contributed by atoms with van der Waals surface area (Å²) in [5.74, 6) is -0.359. The molecule has 0 aliphatic rings. The zero-order chi connectivity index (χ0) is 19.5. The zero-order valence-corrected chi connectivity index (χ0v) is 16.8. The van der Waals surface area contributed by atoms with Crippen LogP contribution >= 0.6 is 0 Å². The van der Waals surface area contributed by atoms with Crippen LogP contribution in [0.4, 0.5) is 0 Å². The molecule has 0 bridgehead atoms. The molecule has 0 amide bonds. The van der Waals surface area contributed by atoms with E-state index >= 15 is 0 Å². The van der Waals surface area contributed by atoms with E-state index in [2.05, 4.69) is 20.8 Å². The minimum atomic E-state index is -0.359. The normalized spacial score (nSPS) is 11.5. The van der Waals surface area contributed by atoms with E-state index in [0.29, 0.717) is 18.5 Å².